The zero-order chi connectivity index (χ0) is 27.4. The van der Waals surface area contributed by atoms with Crippen molar-refractivity contribution in [2.75, 3.05) is 0 Å². The van der Waals surface area contributed by atoms with Crippen molar-refractivity contribution < 1.29 is 19.4 Å². The van der Waals surface area contributed by atoms with Crippen LogP contribution in [0.25, 0.3) is 0 Å². The molecule has 0 spiro atoms. The monoisotopic (exact) mass is 528 g/mol. The number of aliphatic imine (C=N–C) groups is 2. The average Bonchev–Trinajstić information content (AvgIpc) is 3.18. The highest BCUT2D eigenvalue weighted by atomic mass is 35.5. The van der Waals surface area contributed by atoms with Crippen LogP contribution < -0.4 is 0 Å². The van der Waals surface area contributed by atoms with Gasteiger partial charge in [-0.05, 0) is 82.4 Å². The molecule has 1 unspecified atom stereocenters. The molecule has 1 aliphatic carbocycles. The standard InChI is InChI=1S/C30H41ClN2O4/c1-29(2,3)25(18-33-28(36)37-30(4,5)6)27(35)24-16-22(34)15-23(24)26-14-11-20(17-32-26)8-7-19-9-12-21(31)13-10-19/h9-10,12-13,17-18,22-25,34H,7-8,11,14-16H2,1-6H3/t22-,23-,24?,25-/m1/s1. The predicted octanol–water partition coefficient (Wildman–Crippen LogP) is 7.02. The number of aliphatic hydroxyl groups excluding tert-OH is 1. The number of amides is 1. The number of ketones is 1. The third-order valence-electron chi connectivity index (χ3n) is 7.06. The van der Waals surface area contributed by atoms with Gasteiger partial charge in [-0.25, -0.2) is 4.79 Å². The maximum absolute atomic E-state index is 13.8. The van der Waals surface area contributed by atoms with E-state index in [2.05, 4.69) is 4.99 Å². The zero-order valence-electron chi connectivity index (χ0n) is 23.0. The Morgan fingerprint density at radius 1 is 1.11 bits per heavy atom. The second-order valence-electron chi connectivity index (χ2n) is 12.4. The van der Waals surface area contributed by atoms with Crippen molar-refractivity contribution >= 4 is 35.4 Å². The van der Waals surface area contributed by atoms with Crippen LogP contribution in [0.3, 0.4) is 0 Å². The average molecular weight is 529 g/mol. The van der Waals surface area contributed by atoms with E-state index in [1.807, 2.05) is 51.2 Å². The highest BCUT2D eigenvalue weighted by Crippen LogP contribution is 2.40. The van der Waals surface area contributed by atoms with Crippen molar-refractivity contribution in [2.45, 2.75) is 91.8 Å². The summed E-state index contributed by atoms with van der Waals surface area (Å²) in [6.45, 7) is 11.2. The summed E-state index contributed by atoms with van der Waals surface area (Å²) in [5.41, 5.74) is 2.42. The van der Waals surface area contributed by atoms with Gasteiger partial charge in [-0.1, -0.05) is 50.1 Å². The number of hydrogen-bond acceptors (Lipinski definition) is 5. The van der Waals surface area contributed by atoms with E-state index in [0.29, 0.717) is 12.8 Å². The normalized spacial score (nSPS) is 23.5. The fourth-order valence-electron chi connectivity index (χ4n) is 5.09. The molecule has 2 aliphatic rings. The van der Waals surface area contributed by atoms with E-state index < -0.39 is 29.1 Å². The van der Waals surface area contributed by atoms with Crippen LogP contribution >= 0.6 is 11.6 Å². The quantitative estimate of drug-likeness (QED) is 0.385. The van der Waals surface area contributed by atoms with Crippen molar-refractivity contribution in [2.24, 2.45) is 33.2 Å². The van der Waals surface area contributed by atoms with Gasteiger partial charge >= 0.3 is 6.09 Å². The van der Waals surface area contributed by atoms with Crippen LogP contribution in [0.1, 0.15) is 79.2 Å². The largest absolute Gasteiger partial charge is 0.442 e. The lowest BCUT2D eigenvalue weighted by molar-refractivity contribution is -0.127. The summed E-state index contributed by atoms with van der Waals surface area (Å²) in [5.74, 6) is -1.03. The van der Waals surface area contributed by atoms with Crippen LogP contribution in [0.15, 0.2) is 46.0 Å². The van der Waals surface area contributed by atoms with Crippen LogP contribution in [-0.4, -0.2) is 40.6 Å². The molecule has 37 heavy (non-hydrogen) atoms. The fraction of sp³-hybridized carbons (Fsp3) is 0.600. The lowest BCUT2D eigenvalue weighted by Crippen LogP contribution is -2.38. The zero-order valence-corrected chi connectivity index (χ0v) is 23.7. The molecule has 0 radical (unpaired) electrons. The molecule has 0 saturated heterocycles. The first-order valence-corrected chi connectivity index (χ1v) is 13.6. The third-order valence-corrected chi connectivity index (χ3v) is 7.31. The van der Waals surface area contributed by atoms with Gasteiger partial charge in [0.05, 0.1) is 12.0 Å². The highest BCUT2D eigenvalue weighted by Gasteiger charge is 2.45. The van der Waals surface area contributed by atoms with Gasteiger partial charge in [0, 0.05) is 35.0 Å². The molecule has 1 aliphatic heterocycles. The minimum Gasteiger partial charge on any atom is -0.442 e. The second kappa shape index (κ2) is 12.0. The maximum atomic E-state index is 13.8. The van der Waals surface area contributed by atoms with Crippen molar-refractivity contribution in [3.8, 4) is 0 Å². The number of ether oxygens (including phenoxy) is 1. The van der Waals surface area contributed by atoms with Gasteiger partial charge in [-0.15, -0.1) is 0 Å². The second-order valence-corrected chi connectivity index (χ2v) is 12.8. The molecule has 1 aromatic carbocycles. The number of carbonyl (C=O) groups is 2. The van der Waals surface area contributed by atoms with Crippen molar-refractivity contribution in [3.63, 3.8) is 0 Å². The molecule has 0 aromatic heterocycles. The Labute approximate surface area is 226 Å². The minimum absolute atomic E-state index is 0.00146. The van der Waals surface area contributed by atoms with Crippen molar-refractivity contribution in [3.05, 3.63) is 46.6 Å². The fourth-order valence-corrected chi connectivity index (χ4v) is 5.22. The molecule has 4 atom stereocenters. The van der Waals surface area contributed by atoms with Gasteiger partial charge in [-0.2, -0.15) is 4.99 Å². The Hall–Kier alpha value is -2.31. The summed E-state index contributed by atoms with van der Waals surface area (Å²) in [6, 6.07) is 7.92. The summed E-state index contributed by atoms with van der Waals surface area (Å²) >= 11 is 5.98. The first-order valence-electron chi connectivity index (χ1n) is 13.2. The number of halogens is 1. The summed E-state index contributed by atoms with van der Waals surface area (Å²) in [4.78, 5) is 34.7. The summed E-state index contributed by atoms with van der Waals surface area (Å²) in [5, 5.41) is 11.3. The highest BCUT2D eigenvalue weighted by molar-refractivity contribution is 6.30. The molecule has 1 N–H and O–H groups in total. The number of carbonyl (C=O) groups excluding carboxylic acids is 2. The molecule has 1 amide bonds. The number of aliphatic hydroxyl groups is 1. The van der Waals surface area contributed by atoms with E-state index >= 15 is 0 Å². The first kappa shape index (κ1) is 29.2. The van der Waals surface area contributed by atoms with Crippen LogP contribution in [0.2, 0.25) is 5.02 Å². The number of aryl methyl sites for hydroxylation is 1. The van der Waals surface area contributed by atoms with E-state index in [0.717, 1.165) is 36.4 Å². The Kier molecular flexibility index (Phi) is 9.52. The Morgan fingerprint density at radius 2 is 1.78 bits per heavy atom. The van der Waals surface area contributed by atoms with E-state index in [9.17, 15) is 14.7 Å². The van der Waals surface area contributed by atoms with Crippen LogP contribution in [0.5, 0.6) is 0 Å². The molecule has 1 aromatic rings. The number of rotatable bonds is 7. The molecule has 6 nitrogen and oxygen atoms in total. The molecular formula is C30H41ClN2O4. The predicted molar refractivity (Wildman–Crippen MR) is 149 cm³/mol. The van der Waals surface area contributed by atoms with E-state index in [1.54, 1.807) is 20.8 Å². The molecular weight excluding hydrogens is 488 g/mol. The van der Waals surface area contributed by atoms with Crippen LogP contribution in [-0.2, 0) is 16.0 Å². The molecule has 7 heteroatoms. The number of nitrogens with zero attached hydrogens (tertiary/aromatic N) is 2. The summed E-state index contributed by atoms with van der Waals surface area (Å²) in [6.07, 6.45) is 6.64. The van der Waals surface area contributed by atoms with Crippen molar-refractivity contribution in [1.29, 1.82) is 0 Å². The Bertz CT molecular complexity index is 1060. The Morgan fingerprint density at radius 3 is 2.35 bits per heavy atom. The molecule has 1 saturated carbocycles. The summed E-state index contributed by atoms with van der Waals surface area (Å²) < 4.78 is 5.28. The SMILES string of the molecule is CC(C)(C)OC(=O)N=C[C@H](C(=O)C1C[C@H](O)C[C@H]1C1=NC=C(CCc2ccc(Cl)cc2)CC1)C(C)(C)C. The first-order chi connectivity index (χ1) is 17.2. The molecule has 1 fully saturated rings. The third kappa shape index (κ3) is 8.61. The van der Waals surface area contributed by atoms with Gasteiger partial charge in [0.25, 0.3) is 0 Å². The van der Waals surface area contributed by atoms with Crippen LogP contribution in [0, 0.1) is 23.2 Å². The Balaban J connectivity index is 1.72. The van der Waals surface area contributed by atoms with E-state index in [1.165, 1.54) is 17.4 Å². The van der Waals surface area contributed by atoms with Crippen LogP contribution in [0.4, 0.5) is 4.79 Å². The molecule has 1 heterocycles. The molecule has 202 valence electrons. The van der Waals surface area contributed by atoms with E-state index in [4.69, 9.17) is 21.3 Å². The minimum atomic E-state index is -0.703. The van der Waals surface area contributed by atoms with Gasteiger partial charge in [-0.3, -0.25) is 9.79 Å². The van der Waals surface area contributed by atoms with E-state index in [-0.39, 0.29) is 17.6 Å². The molecule has 0 bridgehead atoms. The number of allylic oxidation sites excluding steroid dienone is 1. The molecule has 3 rings (SSSR count). The lowest BCUT2D eigenvalue weighted by Gasteiger charge is -2.31. The maximum Gasteiger partial charge on any atom is 0.433 e. The topological polar surface area (TPSA) is 88.3 Å². The smallest absolute Gasteiger partial charge is 0.433 e. The van der Waals surface area contributed by atoms with Crippen molar-refractivity contribution in [1.82, 2.24) is 0 Å². The van der Waals surface area contributed by atoms with Gasteiger partial charge < -0.3 is 9.84 Å². The van der Waals surface area contributed by atoms with Gasteiger partial charge in [0.1, 0.15) is 11.4 Å². The lowest BCUT2D eigenvalue weighted by atomic mass is 9.72. The number of benzene rings is 1. The van der Waals surface area contributed by atoms with Gasteiger partial charge in [0.2, 0.25) is 0 Å². The number of Topliss-reactive ketones (excluding diaryl/α,β-unsaturated/α-hetero) is 1. The summed E-state index contributed by atoms with van der Waals surface area (Å²) in [7, 11) is 0. The number of hydrogen-bond donors (Lipinski definition) is 1. The van der Waals surface area contributed by atoms with Gasteiger partial charge in [0.15, 0.2) is 0 Å².